The number of carbonyl (C=O) groups is 1. The van der Waals surface area contributed by atoms with E-state index >= 15 is 0 Å². The van der Waals surface area contributed by atoms with Crippen LogP contribution in [0.15, 0.2) is 23.5 Å². The van der Waals surface area contributed by atoms with Gasteiger partial charge in [0, 0.05) is 38.1 Å². The molecule has 2 rings (SSSR count). The van der Waals surface area contributed by atoms with Gasteiger partial charge in [0.1, 0.15) is 0 Å². The Morgan fingerprint density at radius 3 is 2.72 bits per heavy atom. The quantitative estimate of drug-likeness (QED) is 0.380. The highest BCUT2D eigenvalue weighted by Crippen LogP contribution is 2.11. The molecular formula is C16H29IN6O2. The number of nitrogens with one attached hydrogen (secondary N) is 2. The zero-order valence-electron chi connectivity index (χ0n) is 15.0. The van der Waals surface area contributed by atoms with Crippen molar-refractivity contribution in [3.63, 3.8) is 0 Å². The molecule has 25 heavy (non-hydrogen) atoms. The molecule has 1 amide bonds. The SMILES string of the molecule is CCNC(=NCCn1cccn1)NC1CCN(C(=O)OCC)CC1.I. The van der Waals surface area contributed by atoms with Gasteiger partial charge in [-0.1, -0.05) is 0 Å². The molecule has 0 bridgehead atoms. The summed E-state index contributed by atoms with van der Waals surface area (Å²) in [6.07, 6.45) is 5.27. The zero-order chi connectivity index (χ0) is 17.2. The van der Waals surface area contributed by atoms with Crippen molar-refractivity contribution in [2.24, 2.45) is 4.99 Å². The minimum Gasteiger partial charge on any atom is -0.450 e. The van der Waals surface area contributed by atoms with Gasteiger partial charge in [-0.15, -0.1) is 24.0 Å². The highest BCUT2D eigenvalue weighted by atomic mass is 127. The van der Waals surface area contributed by atoms with Crippen molar-refractivity contribution in [3.05, 3.63) is 18.5 Å². The van der Waals surface area contributed by atoms with E-state index in [-0.39, 0.29) is 30.1 Å². The molecule has 8 nitrogen and oxygen atoms in total. The lowest BCUT2D eigenvalue weighted by molar-refractivity contribution is 0.0963. The predicted molar refractivity (Wildman–Crippen MR) is 108 cm³/mol. The summed E-state index contributed by atoms with van der Waals surface area (Å²) in [4.78, 5) is 18.1. The number of amides is 1. The first kappa shape index (κ1) is 21.5. The maximum absolute atomic E-state index is 11.7. The lowest BCUT2D eigenvalue weighted by Crippen LogP contribution is -2.50. The van der Waals surface area contributed by atoms with Gasteiger partial charge in [-0.25, -0.2) is 4.79 Å². The number of halogens is 1. The van der Waals surface area contributed by atoms with Crippen LogP contribution < -0.4 is 10.6 Å². The first-order valence-corrected chi connectivity index (χ1v) is 8.67. The lowest BCUT2D eigenvalue weighted by atomic mass is 10.1. The minimum atomic E-state index is -0.212. The van der Waals surface area contributed by atoms with Crippen molar-refractivity contribution in [1.29, 1.82) is 0 Å². The number of ether oxygens (including phenoxy) is 1. The van der Waals surface area contributed by atoms with E-state index in [2.05, 4.69) is 20.7 Å². The summed E-state index contributed by atoms with van der Waals surface area (Å²) in [5, 5.41) is 10.9. The van der Waals surface area contributed by atoms with Crippen LogP contribution in [0.2, 0.25) is 0 Å². The summed E-state index contributed by atoms with van der Waals surface area (Å²) in [6, 6.07) is 2.22. The average molecular weight is 464 g/mol. The standard InChI is InChI=1S/C16H28N6O2.HI/c1-3-17-15(18-9-13-22-10-5-8-19-22)20-14-6-11-21(12-7-14)16(23)24-4-2;/h5,8,10,14H,3-4,6-7,9,11-13H2,1-2H3,(H2,17,18,20);1H. The zero-order valence-corrected chi connectivity index (χ0v) is 17.3. The molecule has 0 spiro atoms. The lowest BCUT2D eigenvalue weighted by Gasteiger charge is -2.32. The Balaban J connectivity index is 0.00000312. The minimum absolute atomic E-state index is 0. The van der Waals surface area contributed by atoms with Crippen LogP contribution in [-0.2, 0) is 11.3 Å². The molecule has 2 N–H and O–H groups in total. The number of guanidine groups is 1. The Bertz CT molecular complexity index is 515. The second-order valence-corrected chi connectivity index (χ2v) is 5.63. The van der Waals surface area contributed by atoms with Gasteiger partial charge >= 0.3 is 6.09 Å². The molecule has 0 atom stereocenters. The van der Waals surface area contributed by atoms with Crippen LogP contribution in [0.5, 0.6) is 0 Å². The molecule has 1 aliphatic rings. The number of likely N-dealkylation sites (tertiary alicyclic amines) is 1. The van der Waals surface area contributed by atoms with Gasteiger partial charge in [-0.05, 0) is 32.8 Å². The largest absolute Gasteiger partial charge is 0.450 e. The number of aromatic nitrogens is 2. The number of carbonyl (C=O) groups excluding carboxylic acids is 1. The molecule has 0 aromatic carbocycles. The van der Waals surface area contributed by atoms with E-state index in [1.54, 1.807) is 11.1 Å². The molecule has 0 unspecified atom stereocenters. The van der Waals surface area contributed by atoms with E-state index in [0.717, 1.165) is 31.9 Å². The fourth-order valence-electron chi connectivity index (χ4n) is 2.63. The van der Waals surface area contributed by atoms with Gasteiger partial charge in [0.15, 0.2) is 5.96 Å². The predicted octanol–water partition coefficient (Wildman–Crippen LogP) is 1.68. The Morgan fingerprint density at radius 1 is 1.36 bits per heavy atom. The monoisotopic (exact) mass is 464 g/mol. The topological polar surface area (TPSA) is 83.8 Å². The first-order chi connectivity index (χ1) is 11.7. The van der Waals surface area contributed by atoms with Gasteiger partial charge in [-0.3, -0.25) is 9.67 Å². The number of rotatable bonds is 6. The number of hydrogen-bond donors (Lipinski definition) is 2. The van der Waals surface area contributed by atoms with Crippen LogP contribution in [0.1, 0.15) is 26.7 Å². The van der Waals surface area contributed by atoms with Crippen molar-refractivity contribution in [3.8, 4) is 0 Å². The molecule has 1 aliphatic heterocycles. The average Bonchev–Trinajstić information content (AvgIpc) is 3.09. The Hall–Kier alpha value is -1.52. The van der Waals surface area contributed by atoms with Gasteiger partial charge in [0.25, 0.3) is 0 Å². The molecule has 142 valence electrons. The van der Waals surface area contributed by atoms with Crippen molar-refractivity contribution in [2.75, 3.05) is 32.8 Å². The van der Waals surface area contributed by atoms with Crippen molar-refractivity contribution < 1.29 is 9.53 Å². The smallest absolute Gasteiger partial charge is 0.409 e. The van der Waals surface area contributed by atoms with Crippen LogP contribution >= 0.6 is 24.0 Å². The highest BCUT2D eigenvalue weighted by molar-refractivity contribution is 14.0. The Kier molecular flexibility index (Phi) is 10.3. The van der Waals surface area contributed by atoms with E-state index in [1.807, 2.05) is 30.8 Å². The number of aliphatic imine (C=N–C) groups is 1. The number of piperidine rings is 1. The number of nitrogens with zero attached hydrogens (tertiary/aromatic N) is 4. The summed E-state index contributed by atoms with van der Waals surface area (Å²) >= 11 is 0. The van der Waals surface area contributed by atoms with Crippen molar-refractivity contribution >= 4 is 36.0 Å². The first-order valence-electron chi connectivity index (χ1n) is 8.67. The molecule has 0 saturated carbocycles. The maximum Gasteiger partial charge on any atom is 0.409 e. The molecule has 1 fully saturated rings. The third-order valence-electron chi connectivity index (χ3n) is 3.86. The summed E-state index contributed by atoms with van der Waals surface area (Å²) in [6.45, 7) is 7.96. The van der Waals surface area contributed by atoms with Crippen LogP contribution in [0.3, 0.4) is 0 Å². The molecule has 1 aromatic rings. The van der Waals surface area contributed by atoms with Crippen molar-refractivity contribution in [2.45, 2.75) is 39.3 Å². The van der Waals surface area contributed by atoms with E-state index < -0.39 is 0 Å². The van der Waals surface area contributed by atoms with Gasteiger partial charge in [-0.2, -0.15) is 5.10 Å². The van der Waals surface area contributed by atoms with Crippen molar-refractivity contribution in [1.82, 2.24) is 25.3 Å². The highest BCUT2D eigenvalue weighted by Gasteiger charge is 2.23. The molecular weight excluding hydrogens is 435 g/mol. The number of hydrogen-bond acceptors (Lipinski definition) is 4. The molecule has 1 aromatic heterocycles. The Labute approximate surface area is 166 Å². The van der Waals surface area contributed by atoms with Gasteiger partial charge < -0.3 is 20.3 Å². The van der Waals surface area contributed by atoms with E-state index in [0.29, 0.717) is 32.3 Å². The van der Waals surface area contributed by atoms with Gasteiger partial charge in [0.2, 0.25) is 0 Å². The fourth-order valence-corrected chi connectivity index (χ4v) is 2.63. The molecule has 9 heteroatoms. The summed E-state index contributed by atoms with van der Waals surface area (Å²) in [5.74, 6) is 0.819. The van der Waals surface area contributed by atoms with Crippen LogP contribution in [0, 0.1) is 0 Å². The second-order valence-electron chi connectivity index (χ2n) is 5.63. The molecule has 2 heterocycles. The van der Waals surface area contributed by atoms with Gasteiger partial charge in [0.05, 0.1) is 19.7 Å². The third-order valence-corrected chi connectivity index (χ3v) is 3.86. The summed E-state index contributed by atoms with van der Waals surface area (Å²) in [5.41, 5.74) is 0. The van der Waals surface area contributed by atoms with Crippen LogP contribution in [0.4, 0.5) is 4.79 Å². The second kappa shape index (κ2) is 11.9. The van der Waals surface area contributed by atoms with E-state index in [1.165, 1.54) is 0 Å². The van der Waals surface area contributed by atoms with E-state index in [9.17, 15) is 4.79 Å². The fraction of sp³-hybridized carbons (Fsp3) is 0.688. The van der Waals surface area contributed by atoms with Crippen LogP contribution in [-0.4, -0.2) is 65.6 Å². The Morgan fingerprint density at radius 2 is 2.12 bits per heavy atom. The summed E-state index contributed by atoms with van der Waals surface area (Å²) < 4.78 is 6.91. The van der Waals surface area contributed by atoms with E-state index in [4.69, 9.17) is 4.74 Å². The summed E-state index contributed by atoms with van der Waals surface area (Å²) in [7, 11) is 0. The third kappa shape index (κ3) is 7.49. The molecule has 0 radical (unpaired) electrons. The normalized spacial score (nSPS) is 15.4. The molecule has 0 aliphatic carbocycles. The van der Waals surface area contributed by atoms with Crippen LogP contribution in [0.25, 0.3) is 0 Å². The maximum atomic E-state index is 11.7. The molecule has 1 saturated heterocycles.